The lowest BCUT2D eigenvalue weighted by Gasteiger charge is -2.22. The maximum absolute atomic E-state index is 11.9. The molecule has 0 spiro atoms. The zero-order valence-corrected chi connectivity index (χ0v) is 17.9. The predicted octanol–water partition coefficient (Wildman–Crippen LogP) is 3.63. The van der Waals surface area contributed by atoms with Crippen molar-refractivity contribution in [2.45, 2.75) is 52.0 Å². The van der Waals surface area contributed by atoms with Crippen molar-refractivity contribution < 1.29 is 29.0 Å². The number of ether oxygens (including phenoxy) is 2. The van der Waals surface area contributed by atoms with Gasteiger partial charge in [0.05, 0.1) is 0 Å². The molecular formula is C23H28N2O6. The SMILES string of the molecule is CC(C)(C)OC(=O)N[C@@H](Cc1ccc(CNC(=O)OCc2ccccc2)cc1)C(=O)O. The summed E-state index contributed by atoms with van der Waals surface area (Å²) in [6.07, 6.45) is -1.21. The second-order valence-electron chi connectivity index (χ2n) is 7.97. The van der Waals surface area contributed by atoms with Gasteiger partial charge < -0.3 is 25.2 Å². The standard InChI is InChI=1S/C23H28N2O6/c1-23(2,3)31-22(29)25-19(20(26)27)13-16-9-11-17(12-10-16)14-24-21(28)30-15-18-7-5-4-6-8-18/h4-12,19H,13-15H2,1-3H3,(H,24,28)(H,25,29)(H,26,27)/t19-/m0/s1. The molecule has 2 rings (SSSR count). The van der Waals surface area contributed by atoms with Crippen molar-refractivity contribution in [1.82, 2.24) is 10.6 Å². The van der Waals surface area contributed by atoms with Crippen molar-refractivity contribution in [2.24, 2.45) is 0 Å². The number of carboxylic acid groups (broad SMARTS) is 1. The predicted molar refractivity (Wildman–Crippen MR) is 114 cm³/mol. The van der Waals surface area contributed by atoms with Gasteiger partial charge >= 0.3 is 18.2 Å². The fraction of sp³-hybridized carbons (Fsp3) is 0.348. The van der Waals surface area contributed by atoms with Crippen LogP contribution in [0.1, 0.15) is 37.5 Å². The highest BCUT2D eigenvalue weighted by atomic mass is 16.6. The van der Waals surface area contributed by atoms with Gasteiger partial charge in [-0.1, -0.05) is 54.6 Å². The molecule has 0 fully saturated rings. The minimum Gasteiger partial charge on any atom is -0.480 e. The molecule has 0 bridgehead atoms. The van der Waals surface area contributed by atoms with Gasteiger partial charge in [-0.05, 0) is 37.5 Å². The Labute approximate surface area is 181 Å². The van der Waals surface area contributed by atoms with Crippen LogP contribution in [0.5, 0.6) is 0 Å². The van der Waals surface area contributed by atoms with E-state index >= 15 is 0 Å². The molecule has 0 radical (unpaired) electrons. The highest BCUT2D eigenvalue weighted by molar-refractivity contribution is 5.80. The zero-order valence-electron chi connectivity index (χ0n) is 17.9. The maximum atomic E-state index is 11.9. The van der Waals surface area contributed by atoms with E-state index in [4.69, 9.17) is 9.47 Å². The summed E-state index contributed by atoms with van der Waals surface area (Å²) in [6, 6.07) is 15.3. The van der Waals surface area contributed by atoms with E-state index in [9.17, 15) is 19.5 Å². The molecule has 166 valence electrons. The van der Waals surface area contributed by atoms with Crippen LogP contribution in [0.25, 0.3) is 0 Å². The van der Waals surface area contributed by atoms with Crippen molar-refractivity contribution >= 4 is 18.2 Å². The smallest absolute Gasteiger partial charge is 0.408 e. The lowest BCUT2D eigenvalue weighted by Crippen LogP contribution is -2.44. The van der Waals surface area contributed by atoms with E-state index in [2.05, 4.69) is 10.6 Å². The Bertz CT molecular complexity index is 875. The highest BCUT2D eigenvalue weighted by Gasteiger charge is 2.24. The van der Waals surface area contributed by atoms with Crippen molar-refractivity contribution in [3.63, 3.8) is 0 Å². The molecule has 0 aromatic heterocycles. The van der Waals surface area contributed by atoms with Gasteiger partial charge in [0, 0.05) is 13.0 Å². The van der Waals surface area contributed by atoms with Crippen LogP contribution in [-0.4, -0.2) is 34.9 Å². The van der Waals surface area contributed by atoms with E-state index in [0.717, 1.165) is 16.7 Å². The first-order valence-corrected chi connectivity index (χ1v) is 9.87. The third-order valence-corrected chi connectivity index (χ3v) is 4.10. The molecule has 2 aromatic carbocycles. The summed E-state index contributed by atoms with van der Waals surface area (Å²) >= 11 is 0. The fourth-order valence-electron chi connectivity index (χ4n) is 2.63. The summed E-state index contributed by atoms with van der Waals surface area (Å²) in [6.45, 7) is 5.56. The molecule has 2 amide bonds. The highest BCUT2D eigenvalue weighted by Crippen LogP contribution is 2.10. The quantitative estimate of drug-likeness (QED) is 0.592. The van der Waals surface area contributed by atoms with Crippen LogP contribution in [0, 0.1) is 0 Å². The number of hydrogen-bond acceptors (Lipinski definition) is 5. The van der Waals surface area contributed by atoms with Crippen LogP contribution in [-0.2, 0) is 33.8 Å². The average Bonchev–Trinajstić information content (AvgIpc) is 2.70. The van der Waals surface area contributed by atoms with E-state index in [1.807, 2.05) is 30.3 Å². The Balaban J connectivity index is 1.82. The minimum absolute atomic E-state index is 0.0986. The monoisotopic (exact) mass is 428 g/mol. The molecule has 0 saturated heterocycles. The van der Waals surface area contributed by atoms with Crippen LogP contribution in [0.4, 0.5) is 9.59 Å². The van der Waals surface area contributed by atoms with Crippen LogP contribution in [0.2, 0.25) is 0 Å². The second kappa shape index (κ2) is 11.0. The molecule has 0 aliphatic rings. The number of carbonyl (C=O) groups excluding carboxylic acids is 2. The minimum atomic E-state index is -1.15. The summed E-state index contributed by atoms with van der Waals surface area (Å²) in [5, 5.41) is 14.4. The van der Waals surface area contributed by atoms with Crippen LogP contribution >= 0.6 is 0 Å². The van der Waals surface area contributed by atoms with Crippen LogP contribution in [0.3, 0.4) is 0 Å². The Morgan fingerprint density at radius 3 is 2.10 bits per heavy atom. The molecule has 8 nitrogen and oxygen atoms in total. The Morgan fingerprint density at radius 2 is 1.52 bits per heavy atom. The second-order valence-corrected chi connectivity index (χ2v) is 7.97. The number of hydrogen-bond donors (Lipinski definition) is 3. The first-order valence-electron chi connectivity index (χ1n) is 9.87. The zero-order chi connectivity index (χ0) is 22.9. The molecule has 3 N–H and O–H groups in total. The van der Waals surface area contributed by atoms with Gasteiger partial charge in [0.15, 0.2) is 0 Å². The molecule has 0 unspecified atom stereocenters. The van der Waals surface area contributed by atoms with E-state index in [-0.39, 0.29) is 19.6 Å². The topological polar surface area (TPSA) is 114 Å². The summed E-state index contributed by atoms with van der Waals surface area (Å²) in [4.78, 5) is 35.2. The third-order valence-electron chi connectivity index (χ3n) is 4.10. The number of benzene rings is 2. The molecule has 0 heterocycles. The van der Waals surface area contributed by atoms with Gasteiger partial charge in [-0.2, -0.15) is 0 Å². The van der Waals surface area contributed by atoms with Gasteiger partial charge in [0.2, 0.25) is 0 Å². The Kier molecular flexibility index (Phi) is 8.43. The summed E-state index contributed by atoms with van der Waals surface area (Å²) in [5.74, 6) is -1.15. The largest absolute Gasteiger partial charge is 0.480 e. The molecule has 1 atom stereocenters. The molecule has 0 aliphatic heterocycles. The van der Waals surface area contributed by atoms with Gasteiger partial charge in [-0.25, -0.2) is 14.4 Å². The fourth-order valence-corrected chi connectivity index (χ4v) is 2.63. The van der Waals surface area contributed by atoms with Gasteiger partial charge in [-0.3, -0.25) is 0 Å². The number of rotatable bonds is 8. The molecule has 0 saturated carbocycles. The van der Waals surface area contributed by atoms with E-state index in [0.29, 0.717) is 0 Å². The number of amides is 2. The van der Waals surface area contributed by atoms with Crippen molar-refractivity contribution in [3.05, 3.63) is 71.3 Å². The molecule has 8 heteroatoms. The number of carbonyl (C=O) groups is 3. The first kappa shape index (κ1) is 23.7. The molecule has 2 aromatic rings. The number of aliphatic carboxylic acids is 1. The van der Waals surface area contributed by atoms with Crippen LogP contribution in [0.15, 0.2) is 54.6 Å². The first-order chi connectivity index (χ1) is 14.6. The lowest BCUT2D eigenvalue weighted by atomic mass is 10.0. The molecular weight excluding hydrogens is 400 g/mol. The van der Waals surface area contributed by atoms with E-state index < -0.39 is 29.8 Å². The normalized spacial score (nSPS) is 11.8. The summed E-state index contributed by atoms with van der Waals surface area (Å²) in [7, 11) is 0. The van der Waals surface area contributed by atoms with Crippen molar-refractivity contribution in [3.8, 4) is 0 Å². The molecule has 31 heavy (non-hydrogen) atoms. The number of alkyl carbamates (subject to hydrolysis) is 2. The average molecular weight is 428 g/mol. The molecule has 0 aliphatic carbocycles. The van der Waals surface area contributed by atoms with E-state index in [1.165, 1.54) is 0 Å². The summed E-state index contributed by atoms with van der Waals surface area (Å²) < 4.78 is 10.3. The van der Waals surface area contributed by atoms with E-state index in [1.54, 1.807) is 45.0 Å². The van der Waals surface area contributed by atoms with Crippen molar-refractivity contribution in [1.29, 1.82) is 0 Å². The number of nitrogens with one attached hydrogen (secondary N) is 2. The maximum Gasteiger partial charge on any atom is 0.408 e. The lowest BCUT2D eigenvalue weighted by molar-refractivity contribution is -0.139. The van der Waals surface area contributed by atoms with Gasteiger partial charge in [0.1, 0.15) is 18.2 Å². The number of carboxylic acids is 1. The van der Waals surface area contributed by atoms with Crippen LogP contribution < -0.4 is 10.6 Å². The Hall–Kier alpha value is -3.55. The third kappa shape index (κ3) is 9.20. The summed E-state index contributed by atoms with van der Waals surface area (Å²) in [5.41, 5.74) is 1.73. The van der Waals surface area contributed by atoms with Gasteiger partial charge in [0.25, 0.3) is 0 Å². The Morgan fingerprint density at radius 1 is 0.903 bits per heavy atom. The van der Waals surface area contributed by atoms with Crippen molar-refractivity contribution in [2.75, 3.05) is 0 Å². The van der Waals surface area contributed by atoms with Gasteiger partial charge in [-0.15, -0.1) is 0 Å².